The summed E-state index contributed by atoms with van der Waals surface area (Å²) in [6.07, 6.45) is 2.96. The molecule has 1 saturated heterocycles. The van der Waals surface area contributed by atoms with Crippen molar-refractivity contribution in [2.75, 3.05) is 33.3 Å². The molecule has 1 aromatic rings. The molecule has 0 bridgehead atoms. The van der Waals surface area contributed by atoms with Crippen LogP contribution in [0.5, 0.6) is 0 Å². The number of hydrogen-bond donors (Lipinski definition) is 1. The first-order valence-electron chi connectivity index (χ1n) is 6.34. The van der Waals surface area contributed by atoms with E-state index in [-0.39, 0.29) is 18.0 Å². The first-order chi connectivity index (χ1) is 8.70. The summed E-state index contributed by atoms with van der Waals surface area (Å²) in [5.74, 6) is -0.306. The van der Waals surface area contributed by atoms with Gasteiger partial charge in [-0.15, -0.1) is 0 Å². The number of morpholine rings is 1. The fraction of sp³-hybridized carbons (Fsp3) is 0.615. The standard InChI is InChI=1S/C13H20FN3O/c1-3-16-13(10-6-11(14)8-15-7-10)12-9-17(2)4-5-18-12/h6-8,12-13,16H,3-5,9H2,1-2H3. The van der Waals surface area contributed by atoms with Crippen molar-refractivity contribution in [3.05, 3.63) is 29.8 Å². The van der Waals surface area contributed by atoms with Gasteiger partial charge in [0.25, 0.3) is 0 Å². The van der Waals surface area contributed by atoms with E-state index in [1.807, 2.05) is 6.92 Å². The van der Waals surface area contributed by atoms with Crippen LogP contribution in [0.1, 0.15) is 18.5 Å². The lowest BCUT2D eigenvalue weighted by atomic mass is 10.0. The zero-order valence-electron chi connectivity index (χ0n) is 10.9. The van der Waals surface area contributed by atoms with Gasteiger partial charge in [0, 0.05) is 19.3 Å². The number of hydrogen-bond acceptors (Lipinski definition) is 4. The van der Waals surface area contributed by atoms with Crippen LogP contribution in [0.4, 0.5) is 4.39 Å². The van der Waals surface area contributed by atoms with Crippen LogP contribution in [-0.2, 0) is 4.74 Å². The van der Waals surface area contributed by atoms with Crippen LogP contribution in [-0.4, -0.2) is 49.3 Å². The average Bonchev–Trinajstić information content (AvgIpc) is 2.36. The van der Waals surface area contributed by atoms with Crippen molar-refractivity contribution in [1.82, 2.24) is 15.2 Å². The second-order valence-corrected chi connectivity index (χ2v) is 4.64. The van der Waals surface area contributed by atoms with Gasteiger partial charge in [-0.2, -0.15) is 0 Å². The van der Waals surface area contributed by atoms with Crippen LogP contribution >= 0.6 is 0 Å². The number of nitrogens with zero attached hydrogens (tertiary/aromatic N) is 2. The Bertz CT molecular complexity index is 388. The van der Waals surface area contributed by atoms with Gasteiger partial charge < -0.3 is 15.0 Å². The largest absolute Gasteiger partial charge is 0.374 e. The van der Waals surface area contributed by atoms with E-state index in [1.54, 1.807) is 6.20 Å². The van der Waals surface area contributed by atoms with Crippen LogP contribution in [0, 0.1) is 5.82 Å². The SMILES string of the molecule is CCNC(c1cncc(F)c1)C1CN(C)CCO1. The lowest BCUT2D eigenvalue weighted by Crippen LogP contribution is -2.46. The molecule has 2 atom stereocenters. The van der Waals surface area contributed by atoms with Crippen molar-refractivity contribution in [2.45, 2.75) is 19.1 Å². The summed E-state index contributed by atoms with van der Waals surface area (Å²) in [5, 5.41) is 3.36. The maximum Gasteiger partial charge on any atom is 0.141 e. The number of halogens is 1. The maximum atomic E-state index is 13.3. The topological polar surface area (TPSA) is 37.4 Å². The van der Waals surface area contributed by atoms with E-state index < -0.39 is 0 Å². The molecule has 18 heavy (non-hydrogen) atoms. The Morgan fingerprint density at radius 3 is 3.11 bits per heavy atom. The third kappa shape index (κ3) is 3.25. The van der Waals surface area contributed by atoms with E-state index in [1.165, 1.54) is 12.3 Å². The predicted octanol–water partition coefficient (Wildman–Crippen LogP) is 1.20. The predicted molar refractivity (Wildman–Crippen MR) is 67.8 cm³/mol. The second-order valence-electron chi connectivity index (χ2n) is 4.64. The summed E-state index contributed by atoms with van der Waals surface area (Å²) in [7, 11) is 2.07. The van der Waals surface area contributed by atoms with Crippen molar-refractivity contribution in [3.8, 4) is 0 Å². The van der Waals surface area contributed by atoms with Crippen molar-refractivity contribution >= 4 is 0 Å². The Kier molecular flexibility index (Phi) is 4.63. The number of likely N-dealkylation sites (N-methyl/N-ethyl adjacent to an activating group) is 2. The van der Waals surface area contributed by atoms with Gasteiger partial charge in [-0.05, 0) is 25.2 Å². The highest BCUT2D eigenvalue weighted by Gasteiger charge is 2.27. The van der Waals surface area contributed by atoms with Crippen molar-refractivity contribution < 1.29 is 9.13 Å². The zero-order valence-corrected chi connectivity index (χ0v) is 10.9. The summed E-state index contributed by atoms with van der Waals surface area (Å²) in [6.45, 7) is 5.34. The van der Waals surface area contributed by atoms with Gasteiger partial charge in [0.15, 0.2) is 0 Å². The van der Waals surface area contributed by atoms with Crippen molar-refractivity contribution in [3.63, 3.8) is 0 Å². The highest BCUT2D eigenvalue weighted by atomic mass is 19.1. The van der Waals surface area contributed by atoms with Crippen LogP contribution in [0.2, 0.25) is 0 Å². The molecule has 1 aliphatic rings. The number of pyridine rings is 1. The molecule has 4 nitrogen and oxygen atoms in total. The molecule has 1 aliphatic heterocycles. The Morgan fingerprint density at radius 2 is 2.44 bits per heavy atom. The summed E-state index contributed by atoms with van der Waals surface area (Å²) >= 11 is 0. The molecule has 2 rings (SSSR count). The first kappa shape index (κ1) is 13.4. The molecule has 0 amide bonds. The Balaban J connectivity index is 2.16. The molecule has 2 heterocycles. The zero-order chi connectivity index (χ0) is 13.0. The highest BCUT2D eigenvalue weighted by Crippen LogP contribution is 2.22. The molecular formula is C13H20FN3O. The van der Waals surface area contributed by atoms with Gasteiger partial charge in [0.1, 0.15) is 5.82 Å². The van der Waals surface area contributed by atoms with E-state index >= 15 is 0 Å². The van der Waals surface area contributed by atoms with Crippen LogP contribution in [0.15, 0.2) is 18.5 Å². The molecule has 0 radical (unpaired) electrons. The Hall–Kier alpha value is -1.04. The molecule has 0 aromatic carbocycles. The van der Waals surface area contributed by atoms with Crippen LogP contribution < -0.4 is 5.32 Å². The summed E-state index contributed by atoms with van der Waals surface area (Å²) in [4.78, 5) is 6.14. The molecular weight excluding hydrogens is 233 g/mol. The summed E-state index contributed by atoms with van der Waals surface area (Å²) in [6, 6.07) is 1.51. The minimum atomic E-state index is -0.306. The normalized spacial score (nSPS) is 22.9. The first-order valence-corrected chi connectivity index (χ1v) is 6.34. The van der Waals surface area contributed by atoms with E-state index in [0.29, 0.717) is 6.61 Å². The number of rotatable bonds is 4. The van der Waals surface area contributed by atoms with E-state index in [2.05, 4.69) is 22.2 Å². The quantitative estimate of drug-likeness (QED) is 0.875. The van der Waals surface area contributed by atoms with Gasteiger partial charge in [0.2, 0.25) is 0 Å². The highest BCUT2D eigenvalue weighted by molar-refractivity contribution is 5.17. The number of nitrogens with one attached hydrogen (secondary N) is 1. The smallest absolute Gasteiger partial charge is 0.141 e. The number of aromatic nitrogens is 1. The molecule has 1 aromatic heterocycles. The van der Waals surface area contributed by atoms with Gasteiger partial charge in [0.05, 0.1) is 24.9 Å². The second kappa shape index (κ2) is 6.22. The molecule has 0 saturated carbocycles. The lowest BCUT2D eigenvalue weighted by Gasteiger charge is -2.35. The molecule has 0 spiro atoms. The molecule has 2 unspecified atom stereocenters. The fourth-order valence-corrected chi connectivity index (χ4v) is 2.29. The third-order valence-corrected chi connectivity index (χ3v) is 3.18. The fourth-order valence-electron chi connectivity index (χ4n) is 2.29. The van der Waals surface area contributed by atoms with Crippen LogP contribution in [0.3, 0.4) is 0 Å². The molecule has 1 fully saturated rings. The lowest BCUT2D eigenvalue weighted by molar-refractivity contribution is -0.0391. The summed E-state index contributed by atoms with van der Waals surface area (Å²) in [5.41, 5.74) is 0.845. The number of ether oxygens (including phenoxy) is 1. The third-order valence-electron chi connectivity index (χ3n) is 3.18. The Morgan fingerprint density at radius 1 is 1.61 bits per heavy atom. The van der Waals surface area contributed by atoms with Crippen LogP contribution in [0.25, 0.3) is 0 Å². The Labute approximate surface area is 107 Å². The van der Waals surface area contributed by atoms with Crippen molar-refractivity contribution in [2.24, 2.45) is 0 Å². The van der Waals surface area contributed by atoms with E-state index in [4.69, 9.17) is 4.74 Å². The van der Waals surface area contributed by atoms with Gasteiger partial charge in [-0.1, -0.05) is 6.92 Å². The minimum absolute atomic E-state index is 0.0130. The van der Waals surface area contributed by atoms with Gasteiger partial charge in [-0.3, -0.25) is 4.98 Å². The molecule has 1 N–H and O–H groups in total. The van der Waals surface area contributed by atoms with Crippen molar-refractivity contribution in [1.29, 1.82) is 0 Å². The van der Waals surface area contributed by atoms with E-state index in [9.17, 15) is 4.39 Å². The molecule has 5 heteroatoms. The minimum Gasteiger partial charge on any atom is -0.374 e. The van der Waals surface area contributed by atoms with Gasteiger partial charge in [-0.25, -0.2) is 4.39 Å². The van der Waals surface area contributed by atoms with Gasteiger partial charge >= 0.3 is 0 Å². The van der Waals surface area contributed by atoms with E-state index in [0.717, 1.165) is 25.2 Å². The molecule has 0 aliphatic carbocycles. The maximum absolute atomic E-state index is 13.3. The average molecular weight is 253 g/mol. The summed E-state index contributed by atoms with van der Waals surface area (Å²) < 4.78 is 19.1. The molecule has 100 valence electrons. The monoisotopic (exact) mass is 253 g/mol.